The van der Waals surface area contributed by atoms with Crippen molar-refractivity contribution in [2.45, 2.75) is 0 Å². The van der Waals surface area contributed by atoms with Crippen molar-refractivity contribution in [1.29, 1.82) is 0 Å². The number of methoxy groups -OCH3 is 1. The summed E-state index contributed by atoms with van der Waals surface area (Å²) < 4.78 is 35.0. The summed E-state index contributed by atoms with van der Waals surface area (Å²) in [5.74, 6) is 1.57. The minimum absolute atomic E-state index is 0.245. The number of ether oxygens (including phenoxy) is 2. The second kappa shape index (κ2) is 6.30. The molecule has 24 heavy (non-hydrogen) atoms. The lowest BCUT2D eigenvalue weighted by Gasteiger charge is -2.09. The topological polar surface area (TPSA) is 116 Å². The van der Waals surface area contributed by atoms with Gasteiger partial charge >= 0.3 is 0 Å². The van der Waals surface area contributed by atoms with Crippen LogP contribution in [0.1, 0.15) is 0 Å². The molecule has 8 nitrogen and oxygen atoms in total. The molecule has 0 aliphatic rings. The molecule has 0 aliphatic carbocycles. The van der Waals surface area contributed by atoms with Crippen molar-refractivity contribution in [3.05, 3.63) is 48.8 Å². The van der Waals surface area contributed by atoms with Gasteiger partial charge in [-0.15, -0.1) is 0 Å². The Kier molecular flexibility index (Phi) is 4.19. The summed E-state index contributed by atoms with van der Waals surface area (Å²) in [5.41, 5.74) is 0.966. The third-order valence-electron chi connectivity index (χ3n) is 3.12. The zero-order chi connectivity index (χ0) is 17.2. The molecule has 0 atom stereocenters. The molecule has 124 valence electrons. The molecular weight excluding hydrogens is 332 g/mol. The molecule has 3 rings (SSSR count). The highest BCUT2D eigenvalue weighted by atomic mass is 32.2. The molecule has 0 fully saturated rings. The standard InChI is InChI=1S/C15H14N4O4S/c1-22-11-3-4-12-13(8-11)17-7-6-14(12)23-15-5-2-10(9-18-15)19-24(16,20)21/h2-9,19H,1H3,(H2,16,20,21). The van der Waals surface area contributed by atoms with Crippen LogP contribution in [0.5, 0.6) is 17.4 Å². The van der Waals surface area contributed by atoms with Gasteiger partial charge in [0.25, 0.3) is 10.2 Å². The molecule has 9 heteroatoms. The molecule has 0 bridgehead atoms. The predicted octanol–water partition coefficient (Wildman–Crippen LogP) is 2.05. The fraction of sp³-hybridized carbons (Fsp3) is 0.0667. The zero-order valence-corrected chi connectivity index (χ0v) is 13.4. The summed E-state index contributed by atoms with van der Waals surface area (Å²) in [5, 5.41) is 5.70. The number of anilines is 1. The normalized spacial score (nSPS) is 11.2. The Labute approximate surface area is 138 Å². The summed E-state index contributed by atoms with van der Waals surface area (Å²) >= 11 is 0. The van der Waals surface area contributed by atoms with Crippen molar-refractivity contribution in [2.24, 2.45) is 5.14 Å². The molecule has 0 unspecified atom stereocenters. The van der Waals surface area contributed by atoms with Crippen LogP contribution in [0, 0.1) is 0 Å². The quantitative estimate of drug-likeness (QED) is 0.730. The van der Waals surface area contributed by atoms with Crippen molar-refractivity contribution in [2.75, 3.05) is 11.8 Å². The van der Waals surface area contributed by atoms with Gasteiger partial charge in [0.15, 0.2) is 0 Å². The van der Waals surface area contributed by atoms with Gasteiger partial charge in [-0.25, -0.2) is 10.1 Å². The average Bonchev–Trinajstić information content (AvgIpc) is 2.55. The van der Waals surface area contributed by atoms with Gasteiger partial charge in [0, 0.05) is 23.7 Å². The largest absolute Gasteiger partial charge is 0.497 e. The van der Waals surface area contributed by atoms with Gasteiger partial charge in [0.1, 0.15) is 11.5 Å². The molecule has 0 radical (unpaired) electrons. The number of nitrogens with zero attached hydrogens (tertiary/aromatic N) is 2. The molecule has 0 saturated carbocycles. The Morgan fingerprint density at radius 1 is 1.12 bits per heavy atom. The van der Waals surface area contributed by atoms with Crippen LogP contribution >= 0.6 is 0 Å². The van der Waals surface area contributed by atoms with Gasteiger partial charge in [-0.3, -0.25) is 9.71 Å². The Morgan fingerprint density at radius 3 is 2.62 bits per heavy atom. The van der Waals surface area contributed by atoms with Crippen LogP contribution in [0.3, 0.4) is 0 Å². The van der Waals surface area contributed by atoms with Gasteiger partial charge in [0.2, 0.25) is 5.88 Å². The minimum Gasteiger partial charge on any atom is -0.497 e. The van der Waals surface area contributed by atoms with E-state index < -0.39 is 10.2 Å². The summed E-state index contributed by atoms with van der Waals surface area (Å²) in [6, 6.07) is 10.2. The number of benzene rings is 1. The molecule has 3 N–H and O–H groups in total. The highest BCUT2D eigenvalue weighted by Crippen LogP contribution is 2.30. The maximum absolute atomic E-state index is 11.0. The second-order valence-electron chi connectivity index (χ2n) is 4.83. The van der Waals surface area contributed by atoms with Gasteiger partial charge in [-0.2, -0.15) is 8.42 Å². The molecule has 3 aromatic rings. The highest BCUT2D eigenvalue weighted by molar-refractivity contribution is 7.90. The van der Waals surface area contributed by atoms with E-state index in [1.54, 1.807) is 25.4 Å². The van der Waals surface area contributed by atoms with Crippen LogP contribution in [0.25, 0.3) is 10.9 Å². The maximum atomic E-state index is 11.0. The van der Waals surface area contributed by atoms with Crippen LogP contribution < -0.4 is 19.3 Å². The van der Waals surface area contributed by atoms with E-state index in [9.17, 15) is 8.42 Å². The maximum Gasteiger partial charge on any atom is 0.296 e. The Morgan fingerprint density at radius 2 is 1.96 bits per heavy atom. The van der Waals surface area contributed by atoms with Crippen molar-refractivity contribution < 1.29 is 17.9 Å². The highest BCUT2D eigenvalue weighted by Gasteiger charge is 2.08. The fourth-order valence-electron chi connectivity index (χ4n) is 2.10. The minimum atomic E-state index is -3.84. The molecule has 1 aromatic carbocycles. The summed E-state index contributed by atoms with van der Waals surface area (Å²) in [4.78, 5) is 8.32. The Hall–Kier alpha value is -2.91. The van der Waals surface area contributed by atoms with Crippen molar-refractivity contribution in [1.82, 2.24) is 9.97 Å². The monoisotopic (exact) mass is 346 g/mol. The number of nitrogens with two attached hydrogens (primary N) is 1. The van der Waals surface area contributed by atoms with Crippen molar-refractivity contribution in [3.8, 4) is 17.4 Å². The van der Waals surface area contributed by atoms with Crippen LogP contribution in [0.15, 0.2) is 48.8 Å². The summed E-state index contributed by atoms with van der Waals surface area (Å²) in [6.07, 6.45) is 2.93. The number of pyridine rings is 2. The van der Waals surface area contributed by atoms with Crippen LogP contribution in [0.4, 0.5) is 5.69 Å². The van der Waals surface area contributed by atoms with Crippen LogP contribution in [0.2, 0.25) is 0 Å². The number of fused-ring (bicyclic) bond motifs is 1. The van der Waals surface area contributed by atoms with Crippen molar-refractivity contribution in [3.63, 3.8) is 0 Å². The summed E-state index contributed by atoms with van der Waals surface area (Å²) in [7, 11) is -2.25. The van der Waals surface area contributed by atoms with E-state index in [4.69, 9.17) is 14.6 Å². The predicted molar refractivity (Wildman–Crippen MR) is 89.3 cm³/mol. The SMILES string of the molecule is COc1ccc2c(Oc3ccc(NS(N)(=O)=O)cn3)ccnc2c1. The molecule has 0 amide bonds. The van der Waals surface area contributed by atoms with E-state index in [1.165, 1.54) is 18.3 Å². The number of rotatable bonds is 5. The first-order valence-corrected chi connectivity index (χ1v) is 8.36. The number of aromatic nitrogens is 2. The molecule has 2 aromatic heterocycles. The van der Waals surface area contributed by atoms with Crippen LogP contribution in [-0.4, -0.2) is 25.5 Å². The van der Waals surface area contributed by atoms with E-state index in [1.807, 2.05) is 12.1 Å². The van der Waals surface area contributed by atoms with Crippen LogP contribution in [-0.2, 0) is 10.2 Å². The molecule has 0 aliphatic heterocycles. The lowest BCUT2D eigenvalue weighted by Crippen LogP contribution is -2.21. The Balaban J connectivity index is 1.87. The molecule has 0 saturated heterocycles. The first-order valence-electron chi connectivity index (χ1n) is 6.82. The second-order valence-corrected chi connectivity index (χ2v) is 6.12. The molecular formula is C15H14N4O4S. The van der Waals surface area contributed by atoms with E-state index in [0.29, 0.717) is 17.4 Å². The lowest BCUT2D eigenvalue weighted by atomic mass is 10.2. The van der Waals surface area contributed by atoms with Crippen molar-refractivity contribution >= 4 is 26.8 Å². The van der Waals surface area contributed by atoms with Gasteiger partial charge in [0.05, 0.1) is 24.5 Å². The van der Waals surface area contributed by atoms with E-state index in [-0.39, 0.29) is 5.69 Å². The smallest absolute Gasteiger partial charge is 0.296 e. The third kappa shape index (κ3) is 3.70. The number of hydrogen-bond acceptors (Lipinski definition) is 6. The molecule has 0 spiro atoms. The average molecular weight is 346 g/mol. The first-order chi connectivity index (χ1) is 11.4. The first kappa shape index (κ1) is 16.0. The van der Waals surface area contributed by atoms with E-state index in [0.717, 1.165) is 10.9 Å². The Bertz CT molecular complexity index is 974. The fourth-order valence-corrected chi connectivity index (χ4v) is 2.54. The van der Waals surface area contributed by atoms with Gasteiger partial charge in [-0.1, -0.05) is 0 Å². The summed E-state index contributed by atoms with van der Waals surface area (Å²) in [6.45, 7) is 0. The third-order valence-corrected chi connectivity index (χ3v) is 3.64. The van der Waals surface area contributed by atoms with Gasteiger partial charge < -0.3 is 9.47 Å². The van der Waals surface area contributed by atoms with E-state index >= 15 is 0 Å². The number of hydrogen-bond donors (Lipinski definition) is 2. The lowest BCUT2D eigenvalue weighted by molar-refractivity contribution is 0.415. The molecule has 2 heterocycles. The zero-order valence-electron chi connectivity index (χ0n) is 12.6. The van der Waals surface area contributed by atoms with Gasteiger partial charge in [-0.05, 0) is 24.3 Å². The number of nitrogens with one attached hydrogen (secondary N) is 1. The van der Waals surface area contributed by atoms with E-state index in [2.05, 4.69) is 14.7 Å².